The molecule has 0 bridgehead atoms. The van der Waals surface area contributed by atoms with Crippen LogP contribution in [0.4, 0.5) is 0 Å². The van der Waals surface area contributed by atoms with Crippen molar-refractivity contribution >= 4 is 11.9 Å². The zero-order chi connectivity index (χ0) is 14.3. The fourth-order valence-electron chi connectivity index (χ4n) is 1.72. The third-order valence-corrected chi connectivity index (χ3v) is 2.88. The number of esters is 1. The smallest absolute Gasteiger partial charge is 0.325 e. The second-order valence-electron chi connectivity index (χ2n) is 4.68. The summed E-state index contributed by atoms with van der Waals surface area (Å²) in [6, 6.07) is 0. The lowest BCUT2D eigenvalue weighted by Gasteiger charge is -2.05. The van der Waals surface area contributed by atoms with Crippen molar-refractivity contribution in [3.05, 3.63) is 0 Å². The van der Waals surface area contributed by atoms with E-state index >= 15 is 0 Å². The molecule has 0 aromatic rings. The molecule has 0 fully saturated rings. The van der Waals surface area contributed by atoms with Crippen LogP contribution in [0.3, 0.4) is 0 Å². The van der Waals surface area contributed by atoms with Crippen molar-refractivity contribution in [2.75, 3.05) is 19.7 Å². The van der Waals surface area contributed by atoms with Gasteiger partial charge in [0.05, 0.1) is 13.2 Å². The summed E-state index contributed by atoms with van der Waals surface area (Å²) in [4.78, 5) is 22.0. The molecule has 0 aliphatic carbocycles. The minimum Gasteiger partial charge on any atom is -0.464 e. The van der Waals surface area contributed by atoms with E-state index in [1.54, 1.807) is 0 Å². The van der Waals surface area contributed by atoms with Crippen LogP contribution in [0, 0.1) is 0 Å². The Bertz CT molecular complexity index is 245. The summed E-state index contributed by atoms with van der Waals surface area (Å²) in [6.45, 7) is 2.45. The van der Waals surface area contributed by atoms with Crippen molar-refractivity contribution in [3.8, 4) is 0 Å². The van der Waals surface area contributed by atoms with Crippen LogP contribution < -0.4 is 11.1 Å². The maximum Gasteiger partial charge on any atom is 0.325 e. The summed E-state index contributed by atoms with van der Waals surface area (Å²) in [5, 5.41) is 2.37. The fraction of sp³-hybridized carbons (Fsp3) is 0.857. The van der Waals surface area contributed by atoms with Gasteiger partial charge in [-0.1, -0.05) is 51.9 Å². The molecule has 0 saturated heterocycles. The van der Waals surface area contributed by atoms with Crippen LogP contribution >= 0.6 is 0 Å². The lowest BCUT2D eigenvalue weighted by atomic mass is 10.1. The van der Waals surface area contributed by atoms with Gasteiger partial charge in [-0.2, -0.15) is 0 Å². The molecule has 3 N–H and O–H groups in total. The quantitative estimate of drug-likeness (QED) is 0.419. The highest BCUT2D eigenvalue weighted by atomic mass is 16.5. The van der Waals surface area contributed by atoms with Gasteiger partial charge in [0.15, 0.2) is 0 Å². The lowest BCUT2D eigenvalue weighted by Crippen LogP contribution is -2.35. The molecule has 19 heavy (non-hydrogen) atoms. The largest absolute Gasteiger partial charge is 0.464 e. The maximum atomic E-state index is 11.2. The first-order valence-electron chi connectivity index (χ1n) is 7.33. The van der Waals surface area contributed by atoms with Crippen LogP contribution in [0.5, 0.6) is 0 Å². The Hall–Kier alpha value is -1.10. The number of hydrogen-bond donors (Lipinski definition) is 2. The van der Waals surface area contributed by atoms with E-state index < -0.39 is 5.97 Å². The Morgan fingerprint density at radius 1 is 1.00 bits per heavy atom. The van der Waals surface area contributed by atoms with Gasteiger partial charge in [-0.3, -0.25) is 9.59 Å². The number of amides is 1. The Morgan fingerprint density at radius 2 is 1.58 bits per heavy atom. The van der Waals surface area contributed by atoms with E-state index in [9.17, 15) is 9.59 Å². The van der Waals surface area contributed by atoms with Crippen molar-refractivity contribution < 1.29 is 14.3 Å². The van der Waals surface area contributed by atoms with Crippen molar-refractivity contribution in [2.45, 2.75) is 58.3 Å². The number of hydrogen-bond acceptors (Lipinski definition) is 4. The maximum absolute atomic E-state index is 11.2. The van der Waals surface area contributed by atoms with E-state index in [2.05, 4.69) is 12.2 Å². The third-order valence-electron chi connectivity index (χ3n) is 2.88. The molecular weight excluding hydrogens is 244 g/mol. The highest BCUT2D eigenvalue weighted by Gasteiger charge is 2.04. The van der Waals surface area contributed by atoms with E-state index in [0.717, 1.165) is 12.8 Å². The predicted octanol–water partition coefficient (Wildman–Crippen LogP) is 1.75. The zero-order valence-corrected chi connectivity index (χ0v) is 12.1. The predicted molar refractivity (Wildman–Crippen MR) is 75.6 cm³/mol. The molecule has 0 radical (unpaired) electrons. The molecule has 0 aliphatic heterocycles. The van der Waals surface area contributed by atoms with Crippen LogP contribution in [-0.2, 0) is 14.3 Å². The number of carbonyl (C=O) groups excluding carboxylic acids is 2. The molecule has 0 heterocycles. The first kappa shape index (κ1) is 17.9. The highest BCUT2D eigenvalue weighted by Crippen LogP contribution is 2.08. The summed E-state index contributed by atoms with van der Waals surface area (Å²) in [7, 11) is 0. The van der Waals surface area contributed by atoms with E-state index in [4.69, 9.17) is 10.5 Å². The van der Waals surface area contributed by atoms with Gasteiger partial charge in [-0.15, -0.1) is 0 Å². The van der Waals surface area contributed by atoms with Crippen LogP contribution in [0.25, 0.3) is 0 Å². The van der Waals surface area contributed by atoms with Crippen molar-refractivity contribution in [1.29, 1.82) is 0 Å². The van der Waals surface area contributed by atoms with Crippen LogP contribution in [-0.4, -0.2) is 31.6 Å². The SMILES string of the molecule is CCCCCCCCCCOC(=O)CNC(=O)CN. The molecule has 1 amide bonds. The van der Waals surface area contributed by atoms with Gasteiger partial charge >= 0.3 is 5.97 Å². The minimum absolute atomic E-state index is 0.0902. The van der Waals surface area contributed by atoms with E-state index in [0.29, 0.717) is 6.61 Å². The number of unbranched alkanes of at least 4 members (excludes halogenated alkanes) is 7. The Kier molecular flexibility index (Phi) is 12.6. The second-order valence-corrected chi connectivity index (χ2v) is 4.68. The number of rotatable bonds is 12. The van der Waals surface area contributed by atoms with Crippen LogP contribution in [0.2, 0.25) is 0 Å². The van der Waals surface area contributed by atoms with Gasteiger partial charge in [-0.05, 0) is 6.42 Å². The number of carbonyl (C=O) groups is 2. The minimum atomic E-state index is -0.398. The number of nitrogens with two attached hydrogens (primary N) is 1. The molecule has 0 saturated carbocycles. The number of ether oxygens (including phenoxy) is 1. The topological polar surface area (TPSA) is 81.4 Å². The van der Waals surface area contributed by atoms with Crippen molar-refractivity contribution in [2.24, 2.45) is 5.73 Å². The van der Waals surface area contributed by atoms with Crippen molar-refractivity contribution in [1.82, 2.24) is 5.32 Å². The van der Waals surface area contributed by atoms with Gasteiger partial charge in [0, 0.05) is 0 Å². The molecule has 0 spiro atoms. The highest BCUT2D eigenvalue weighted by molar-refractivity contribution is 5.82. The molecule has 0 atom stereocenters. The molecule has 5 heteroatoms. The van der Waals surface area contributed by atoms with Gasteiger partial charge in [-0.25, -0.2) is 0 Å². The van der Waals surface area contributed by atoms with Gasteiger partial charge in [0.2, 0.25) is 5.91 Å². The normalized spacial score (nSPS) is 10.2. The molecule has 112 valence electrons. The summed E-state index contributed by atoms with van der Waals surface area (Å²) >= 11 is 0. The summed E-state index contributed by atoms with van der Waals surface area (Å²) in [5.41, 5.74) is 5.09. The molecular formula is C14H28N2O3. The zero-order valence-electron chi connectivity index (χ0n) is 12.1. The first-order chi connectivity index (χ1) is 9.20. The second kappa shape index (κ2) is 13.3. The van der Waals surface area contributed by atoms with Gasteiger partial charge in [0.25, 0.3) is 0 Å². The molecule has 0 rings (SSSR count). The fourth-order valence-corrected chi connectivity index (χ4v) is 1.72. The molecule has 0 unspecified atom stereocenters. The first-order valence-corrected chi connectivity index (χ1v) is 7.33. The Labute approximate surface area is 116 Å². The van der Waals surface area contributed by atoms with Gasteiger partial charge < -0.3 is 15.8 Å². The summed E-state index contributed by atoms with van der Waals surface area (Å²) < 4.78 is 4.99. The van der Waals surface area contributed by atoms with E-state index in [-0.39, 0.29) is 19.0 Å². The summed E-state index contributed by atoms with van der Waals surface area (Å²) in [5.74, 6) is -0.742. The summed E-state index contributed by atoms with van der Waals surface area (Å²) in [6.07, 6.45) is 9.68. The van der Waals surface area contributed by atoms with Crippen LogP contribution in [0.1, 0.15) is 58.3 Å². The van der Waals surface area contributed by atoms with Gasteiger partial charge in [0.1, 0.15) is 6.54 Å². The van der Waals surface area contributed by atoms with E-state index in [1.165, 1.54) is 38.5 Å². The standard InChI is InChI=1S/C14H28N2O3/c1-2-3-4-5-6-7-8-9-10-19-14(18)12-16-13(17)11-15/h2-12,15H2,1H3,(H,16,17). The molecule has 0 aromatic carbocycles. The molecule has 0 aliphatic rings. The Balaban J connectivity index is 3.21. The monoisotopic (exact) mass is 272 g/mol. The molecule has 0 aromatic heterocycles. The van der Waals surface area contributed by atoms with E-state index in [1.807, 2.05) is 0 Å². The molecule has 5 nitrogen and oxygen atoms in total. The Morgan fingerprint density at radius 3 is 2.16 bits per heavy atom. The average Bonchev–Trinajstić information content (AvgIpc) is 2.42. The third kappa shape index (κ3) is 13.1. The lowest BCUT2D eigenvalue weighted by molar-refractivity contribution is -0.143. The number of nitrogens with one attached hydrogen (secondary N) is 1. The average molecular weight is 272 g/mol. The van der Waals surface area contributed by atoms with Crippen molar-refractivity contribution in [3.63, 3.8) is 0 Å². The van der Waals surface area contributed by atoms with Crippen LogP contribution in [0.15, 0.2) is 0 Å².